The van der Waals surface area contributed by atoms with Crippen LogP contribution in [0.5, 0.6) is 0 Å². The summed E-state index contributed by atoms with van der Waals surface area (Å²) < 4.78 is 5.77. The monoisotopic (exact) mass is 324 g/mol. The van der Waals surface area contributed by atoms with Crippen LogP contribution in [0.25, 0.3) is 0 Å². The highest BCUT2D eigenvalue weighted by molar-refractivity contribution is 9.10. The normalized spacial score (nSPS) is 15.3. The van der Waals surface area contributed by atoms with E-state index in [0.717, 1.165) is 13.0 Å². The SMILES string of the molecule is COCC1=CCN(C(=O)c2cccc(N)c2Br)CC1. The lowest BCUT2D eigenvalue weighted by Crippen LogP contribution is -2.35. The van der Waals surface area contributed by atoms with Crippen LogP contribution in [0.2, 0.25) is 0 Å². The summed E-state index contributed by atoms with van der Waals surface area (Å²) >= 11 is 3.38. The summed E-state index contributed by atoms with van der Waals surface area (Å²) in [6.45, 7) is 1.98. The molecule has 0 saturated heterocycles. The van der Waals surface area contributed by atoms with E-state index in [1.165, 1.54) is 5.57 Å². The third-order valence-electron chi connectivity index (χ3n) is 3.18. The molecule has 1 aliphatic heterocycles. The van der Waals surface area contributed by atoms with Crippen molar-refractivity contribution >= 4 is 27.5 Å². The number of carbonyl (C=O) groups excluding carboxylic acids is 1. The van der Waals surface area contributed by atoms with Crippen LogP contribution in [-0.2, 0) is 4.74 Å². The van der Waals surface area contributed by atoms with Crippen molar-refractivity contribution in [3.63, 3.8) is 0 Å². The van der Waals surface area contributed by atoms with Crippen LogP contribution < -0.4 is 5.73 Å². The van der Waals surface area contributed by atoms with E-state index in [1.807, 2.05) is 4.90 Å². The second-order valence-electron chi connectivity index (χ2n) is 4.51. The Bertz CT molecular complexity index is 514. The van der Waals surface area contributed by atoms with Crippen molar-refractivity contribution in [1.82, 2.24) is 4.90 Å². The van der Waals surface area contributed by atoms with Gasteiger partial charge in [-0.15, -0.1) is 0 Å². The van der Waals surface area contributed by atoms with Crippen LogP contribution in [0.3, 0.4) is 0 Å². The van der Waals surface area contributed by atoms with E-state index in [9.17, 15) is 4.79 Å². The number of hydrogen-bond acceptors (Lipinski definition) is 3. The Morgan fingerprint density at radius 1 is 1.53 bits per heavy atom. The summed E-state index contributed by atoms with van der Waals surface area (Å²) in [6, 6.07) is 5.36. The minimum absolute atomic E-state index is 0.00638. The molecule has 0 unspecified atom stereocenters. The number of rotatable bonds is 3. The Kier molecular flexibility index (Phi) is 4.61. The van der Waals surface area contributed by atoms with Crippen molar-refractivity contribution in [2.24, 2.45) is 0 Å². The zero-order chi connectivity index (χ0) is 13.8. The van der Waals surface area contributed by atoms with Gasteiger partial charge in [-0.2, -0.15) is 0 Å². The van der Waals surface area contributed by atoms with Gasteiger partial charge in [0.05, 0.1) is 16.6 Å². The maximum Gasteiger partial charge on any atom is 0.255 e. The van der Waals surface area contributed by atoms with E-state index in [0.29, 0.717) is 28.9 Å². The summed E-state index contributed by atoms with van der Waals surface area (Å²) in [7, 11) is 1.68. The lowest BCUT2D eigenvalue weighted by atomic mass is 10.1. The predicted octanol–water partition coefficient (Wildman–Crippen LogP) is 2.45. The highest BCUT2D eigenvalue weighted by Crippen LogP contribution is 2.25. The molecule has 19 heavy (non-hydrogen) atoms. The number of halogens is 1. The minimum Gasteiger partial charge on any atom is -0.398 e. The largest absolute Gasteiger partial charge is 0.398 e. The number of nitrogens with zero attached hydrogens (tertiary/aromatic N) is 1. The van der Waals surface area contributed by atoms with Gasteiger partial charge in [0.25, 0.3) is 5.91 Å². The molecule has 0 saturated carbocycles. The molecule has 1 amide bonds. The first kappa shape index (κ1) is 14.1. The molecule has 0 fully saturated rings. The van der Waals surface area contributed by atoms with Gasteiger partial charge in [0.1, 0.15) is 0 Å². The number of anilines is 1. The van der Waals surface area contributed by atoms with Crippen LogP contribution >= 0.6 is 15.9 Å². The van der Waals surface area contributed by atoms with Gasteiger partial charge in [0.15, 0.2) is 0 Å². The number of benzene rings is 1. The molecule has 1 aliphatic rings. The van der Waals surface area contributed by atoms with E-state index in [4.69, 9.17) is 10.5 Å². The standard InChI is InChI=1S/C14H17BrN2O2/c1-19-9-10-5-7-17(8-6-10)14(18)11-3-2-4-12(16)13(11)15/h2-5H,6-9,16H2,1H3. The summed E-state index contributed by atoms with van der Waals surface area (Å²) in [6.07, 6.45) is 2.92. The molecule has 2 rings (SSSR count). The average Bonchev–Trinajstić information content (AvgIpc) is 2.42. The molecule has 1 aromatic carbocycles. The molecular weight excluding hydrogens is 308 g/mol. The van der Waals surface area contributed by atoms with Gasteiger partial charge in [-0.1, -0.05) is 12.1 Å². The third kappa shape index (κ3) is 3.16. The van der Waals surface area contributed by atoms with E-state index in [2.05, 4.69) is 22.0 Å². The maximum absolute atomic E-state index is 12.4. The summed E-state index contributed by atoms with van der Waals surface area (Å²) in [5, 5.41) is 0. The Labute approximate surface area is 121 Å². The molecule has 2 N–H and O–H groups in total. The number of amides is 1. The molecule has 5 heteroatoms. The lowest BCUT2D eigenvalue weighted by molar-refractivity contribution is 0.0764. The second-order valence-corrected chi connectivity index (χ2v) is 5.30. The van der Waals surface area contributed by atoms with Crippen LogP contribution in [-0.4, -0.2) is 37.6 Å². The summed E-state index contributed by atoms with van der Waals surface area (Å²) in [5.74, 6) is 0.00638. The van der Waals surface area contributed by atoms with Gasteiger partial charge >= 0.3 is 0 Å². The summed E-state index contributed by atoms with van der Waals surface area (Å²) in [5.41, 5.74) is 8.25. The molecule has 0 atom stereocenters. The predicted molar refractivity (Wildman–Crippen MR) is 79.0 cm³/mol. The first-order chi connectivity index (χ1) is 9.13. The van der Waals surface area contributed by atoms with Gasteiger partial charge in [-0.05, 0) is 40.1 Å². The molecule has 0 bridgehead atoms. The fraction of sp³-hybridized carbons (Fsp3) is 0.357. The van der Waals surface area contributed by atoms with Crippen LogP contribution in [0.15, 0.2) is 34.3 Å². The average molecular weight is 325 g/mol. The van der Waals surface area contributed by atoms with Gasteiger partial charge in [0.2, 0.25) is 0 Å². The highest BCUT2D eigenvalue weighted by atomic mass is 79.9. The van der Waals surface area contributed by atoms with E-state index < -0.39 is 0 Å². The molecule has 0 aromatic heterocycles. The third-order valence-corrected chi connectivity index (χ3v) is 4.06. The van der Waals surface area contributed by atoms with Crippen molar-refractivity contribution < 1.29 is 9.53 Å². The van der Waals surface area contributed by atoms with Crippen LogP contribution in [0.4, 0.5) is 5.69 Å². The van der Waals surface area contributed by atoms with Crippen molar-refractivity contribution in [3.05, 3.63) is 39.9 Å². The zero-order valence-corrected chi connectivity index (χ0v) is 12.4. The molecule has 1 heterocycles. The number of nitrogens with two attached hydrogens (primary N) is 1. The molecule has 0 radical (unpaired) electrons. The van der Waals surface area contributed by atoms with Gasteiger partial charge in [0, 0.05) is 25.9 Å². The summed E-state index contributed by atoms with van der Waals surface area (Å²) in [4.78, 5) is 14.2. The van der Waals surface area contributed by atoms with Gasteiger partial charge < -0.3 is 15.4 Å². The topological polar surface area (TPSA) is 55.6 Å². The van der Waals surface area contributed by atoms with E-state index in [1.54, 1.807) is 25.3 Å². The van der Waals surface area contributed by atoms with Crippen LogP contribution in [0.1, 0.15) is 16.8 Å². The van der Waals surface area contributed by atoms with Crippen molar-refractivity contribution in [2.75, 3.05) is 32.5 Å². The fourth-order valence-electron chi connectivity index (χ4n) is 2.10. The van der Waals surface area contributed by atoms with Crippen molar-refractivity contribution in [3.8, 4) is 0 Å². The Morgan fingerprint density at radius 2 is 2.32 bits per heavy atom. The Morgan fingerprint density at radius 3 is 2.95 bits per heavy atom. The lowest BCUT2D eigenvalue weighted by Gasteiger charge is -2.27. The zero-order valence-electron chi connectivity index (χ0n) is 10.9. The van der Waals surface area contributed by atoms with Crippen molar-refractivity contribution in [1.29, 1.82) is 0 Å². The van der Waals surface area contributed by atoms with E-state index in [-0.39, 0.29) is 5.91 Å². The number of hydrogen-bond donors (Lipinski definition) is 1. The van der Waals surface area contributed by atoms with E-state index >= 15 is 0 Å². The first-order valence-corrected chi connectivity index (χ1v) is 6.93. The van der Waals surface area contributed by atoms with Crippen LogP contribution in [0, 0.1) is 0 Å². The second kappa shape index (κ2) is 6.21. The van der Waals surface area contributed by atoms with Crippen molar-refractivity contribution in [2.45, 2.75) is 6.42 Å². The molecule has 0 spiro atoms. The number of methoxy groups -OCH3 is 1. The maximum atomic E-state index is 12.4. The first-order valence-electron chi connectivity index (χ1n) is 6.13. The Hall–Kier alpha value is -1.33. The molecular formula is C14H17BrN2O2. The Balaban J connectivity index is 2.12. The molecule has 102 valence electrons. The quantitative estimate of drug-likeness (QED) is 0.686. The highest BCUT2D eigenvalue weighted by Gasteiger charge is 2.21. The van der Waals surface area contributed by atoms with Gasteiger partial charge in [-0.3, -0.25) is 4.79 Å². The number of carbonyl (C=O) groups is 1. The number of ether oxygens (including phenoxy) is 1. The number of nitrogen functional groups attached to an aromatic ring is 1. The molecule has 0 aliphatic carbocycles. The van der Waals surface area contributed by atoms with Gasteiger partial charge in [-0.25, -0.2) is 0 Å². The minimum atomic E-state index is 0.00638. The molecule has 4 nitrogen and oxygen atoms in total. The fourth-order valence-corrected chi connectivity index (χ4v) is 2.53. The molecule has 1 aromatic rings. The smallest absolute Gasteiger partial charge is 0.255 e.